The summed E-state index contributed by atoms with van der Waals surface area (Å²) in [6.07, 6.45) is 2.84. The minimum Gasteiger partial charge on any atom is -0.392 e. The van der Waals surface area contributed by atoms with E-state index in [1.165, 1.54) is 5.69 Å². The summed E-state index contributed by atoms with van der Waals surface area (Å²) in [5.41, 5.74) is 2.13. The van der Waals surface area contributed by atoms with Crippen LogP contribution in [0.2, 0.25) is 0 Å². The van der Waals surface area contributed by atoms with E-state index >= 15 is 0 Å². The van der Waals surface area contributed by atoms with Crippen molar-refractivity contribution in [3.63, 3.8) is 0 Å². The molecule has 0 saturated carbocycles. The SMILES string of the molecule is CCCn1ncc(CO)c1C(C)C. The number of aryl methyl sites for hydroxylation is 1. The molecule has 0 unspecified atom stereocenters. The van der Waals surface area contributed by atoms with Gasteiger partial charge in [0.05, 0.1) is 12.8 Å². The van der Waals surface area contributed by atoms with Crippen molar-refractivity contribution in [1.29, 1.82) is 0 Å². The van der Waals surface area contributed by atoms with Gasteiger partial charge in [0.2, 0.25) is 0 Å². The molecule has 1 aromatic rings. The second kappa shape index (κ2) is 4.42. The maximum Gasteiger partial charge on any atom is 0.0715 e. The Morgan fingerprint density at radius 3 is 2.69 bits per heavy atom. The highest BCUT2D eigenvalue weighted by Gasteiger charge is 2.12. The molecule has 0 spiro atoms. The molecule has 1 rings (SSSR count). The largest absolute Gasteiger partial charge is 0.392 e. The van der Waals surface area contributed by atoms with Crippen LogP contribution in [0.4, 0.5) is 0 Å². The average Bonchev–Trinajstić information content (AvgIpc) is 2.48. The summed E-state index contributed by atoms with van der Waals surface area (Å²) < 4.78 is 2.00. The van der Waals surface area contributed by atoms with Gasteiger partial charge in [-0.3, -0.25) is 4.68 Å². The Labute approximate surface area is 79.4 Å². The van der Waals surface area contributed by atoms with E-state index in [1.807, 2.05) is 4.68 Å². The number of aliphatic hydroxyl groups is 1. The molecular formula is C10H18N2O. The molecule has 3 nitrogen and oxygen atoms in total. The quantitative estimate of drug-likeness (QED) is 0.772. The van der Waals surface area contributed by atoms with Gasteiger partial charge in [-0.2, -0.15) is 5.10 Å². The Bertz CT molecular complexity index is 266. The lowest BCUT2D eigenvalue weighted by Crippen LogP contribution is -2.07. The summed E-state index contributed by atoms with van der Waals surface area (Å²) in [6.45, 7) is 7.42. The Morgan fingerprint density at radius 1 is 1.54 bits per heavy atom. The first-order valence-electron chi connectivity index (χ1n) is 4.86. The van der Waals surface area contributed by atoms with Gasteiger partial charge in [0, 0.05) is 17.8 Å². The number of hydrogen-bond acceptors (Lipinski definition) is 2. The number of aromatic nitrogens is 2. The van der Waals surface area contributed by atoms with Crippen LogP contribution in [-0.4, -0.2) is 14.9 Å². The van der Waals surface area contributed by atoms with Crippen LogP contribution in [0.3, 0.4) is 0 Å². The molecule has 0 aliphatic carbocycles. The fourth-order valence-electron chi connectivity index (χ4n) is 1.61. The number of hydrogen-bond donors (Lipinski definition) is 1. The molecule has 0 fully saturated rings. The maximum atomic E-state index is 9.10. The normalized spacial score (nSPS) is 11.2. The third-order valence-electron chi connectivity index (χ3n) is 2.11. The summed E-state index contributed by atoms with van der Waals surface area (Å²) >= 11 is 0. The van der Waals surface area contributed by atoms with Crippen LogP contribution in [-0.2, 0) is 13.2 Å². The lowest BCUT2D eigenvalue weighted by molar-refractivity contribution is 0.279. The van der Waals surface area contributed by atoms with E-state index in [9.17, 15) is 0 Å². The highest BCUT2D eigenvalue weighted by atomic mass is 16.3. The predicted octanol–water partition coefficient (Wildman–Crippen LogP) is 1.91. The first-order chi connectivity index (χ1) is 6.20. The van der Waals surface area contributed by atoms with Crippen molar-refractivity contribution in [2.24, 2.45) is 0 Å². The summed E-state index contributed by atoms with van der Waals surface area (Å²) in [6, 6.07) is 0. The average molecular weight is 182 g/mol. The van der Waals surface area contributed by atoms with Crippen LogP contribution >= 0.6 is 0 Å². The van der Waals surface area contributed by atoms with Gasteiger partial charge in [-0.1, -0.05) is 20.8 Å². The van der Waals surface area contributed by atoms with Crippen LogP contribution in [0.15, 0.2) is 6.20 Å². The number of nitrogens with zero attached hydrogens (tertiary/aromatic N) is 2. The highest BCUT2D eigenvalue weighted by Crippen LogP contribution is 2.19. The van der Waals surface area contributed by atoms with E-state index in [1.54, 1.807) is 6.20 Å². The van der Waals surface area contributed by atoms with E-state index in [0.29, 0.717) is 5.92 Å². The van der Waals surface area contributed by atoms with Gasteiger partial charge < -0.3 is 5.11 Å². The minimum atomic E-state index is 0.0945. The third kappa shape index (κ3) is 2.10. The van der Waals surface area contributed by atoms with Gasteiger partial charge in [-0.15, -0.1) is 0 Å². The number of aliphatic hydroxyl groups excluding tert-OH is 1. The fourth-order valence-corrected chi connectivity index (χ4v) is 1.61. The molecule has 3 heteroatoms. The lowest BCUT2D eigenvalue weighted by atomic mass is 10.1. The van der Waals surface area contributed by atoms with E-state index < -0.39 is 0 Å². The van der Waals surface area contributed by atoms with Gasteiger partial charge in [0.1, 0.15) is 0 Å². The fraction of sp³-hybridized carbons (Fsp3) is 0.700. The van der Waals surface area contributed by atoms with Crippen molar-refractivity contribution in [3.8, 4) is 0 Å². The number of rotatable bonds is 4. The maximum absolute atomic E-state index is 9.10. The van der Waals surface area contributed by atoms with Gasteiger partial charge >= 0.3 is 0 Å². The van der Waals surface area contributed by atoms with Gasteiger partial charge in [-0.05, 0) is 12.3 Å². The second-order valence-electron chi connectivity index (χ2n) is 3.59. The Kier molecular flexibility index (Phi) is 3.48. The molecule has 0 atom stereocenters. The van der Waals surface area contributed by atoms with Crippen molar-refractivity contribution < 1.29 is 5.11 Å². The molecule has 1 aromatic heterocycles. The van der Waals surface area contributed by atoms with E-state index in [2.05, 4.69) is 25.9 Å². The van der Waals surface area contributed by atoms with Crippen LogP contribution in [0.1, 0.15) is 44.4 Å². The molecule has 0 radical (unpaired) electrons. The van der Waals surface area contributed by atoms with Crippen molar-refractivity contribution in [1.82, 2.24) is 9.78 Å². The van der Waals surface area contributed by atoms with Crippen LogP contribution < -0.4 is 0 Å². The molecule has 1 heterocycles. The van der Waals surface area contributed by atoms with E-state index in [-0.39, 0.29) is 6.61 Å². The zero-order valence-corrected chi connectivity index (χ0v) is 8.62. The topological polar surface area (TPSA) is 38.0 Å². The van der Waals surface area contributed by atoms with Crippen LogP contribution in [0.5, 0.6) is 0 Å². The molecule has 1 N–H and O–H groups in total. The van der Waals surface area contributed by atoms with Gasteiger partial charge in [0.15, 0.2) is 0 Å². The zero-order valence-electron chi connectivity index (χ0n) is 8.62. The molecule has 0 aromatic carbocycles. The molecule has 0 saturated heterocycles. The molecule has 0 aliphatic rings. The smallest absolute Gasteiger partial charge is 0.0715 e. The van der Waals surface area contributed by atoms with Gasteiger partial charge in [-0.25, -0.2) is 0 Å². The van der Waals surface area contributed by atoms with Crippen LogP contribution in [0.25, 0.3) is 0 Å². The van der Waals surface area contributed by atoms with Crippen molar-refractivity contribution in [2.75, 3.05) is 0 Å². The summed E-state index contributed by atoms with van der Waals surface area (Å²) in [5.74, 6) is 0.427. The standard InChI is InChI=1S/C10H18N2O/c1-4-5-12-10(8(2)3)9(7-13)6-11-12/h6,8,13H,4-5,7H2,1-3H3. The van der Waals surface area contributed by atoms with E-state index in [0.717, 1.165) is 18.5 Å². The molecule has 0 amide bonds. The summed E-state index contributed by atoms with van der Waals surface area (Å²) in [4.78, 5) is 0. The highest BCUT2D eigenvalue weighted by molar-refractivity contribution is 5.19. The molecule has 0 bridgehead atoms. The van der Waals surface area contributed by atoms with Crippen LogP contribution in [0, 0.1) is 0 Å². The minimum absolute atomic E-state index is 0.0945. The monoisotopic (exact) mass is 182 g/mol. The predicted molar refractivity (Wildman–Crippen MR) is 52.5 cm³/mol. The molecule has 13 heavy (non-hydrogen) atoms. The third-order valence-corrected chi connectivity index (χ3v) is 2.11. The first kappa shape index (κ1) is 10.3. The molecule has 0 aliphatic heterocycles. The zero-order chi connectivity index (χ0) is 9.84. The lowest BCUT2D eigenvalue weighted by Gasteiger charge is -2.10. The van der Waals surface area contributed by atoms with Crippen molar-refractivity contribution in [3.05, 3.63) is 17.5 Å². The van der Waals surface area contributed by atoms with Crippen molar-refractivity contribution in [2.45, 2.75) is 46.3 Å². The summed E-state index contributed by atoms with van der Waals surface area (Å²) in [5, 5.41) is 13.4. The molecule has 74 valence electrons. The summed E-state index contributed by atoms with van der Waals surface area (Å²) in [7, 11) is 0. The first-order valence-corrected chi connectivity index (χ1v) is 4.86. The Morgan fingerprint density at radius 2 is 2.23 bits per heavy atom. The Hall–Kier alpha value is -0.830. The van der Waals surface area contributed by atoms with Gasteiger partial charge in [0.25, 0.3) is 0 Å². The molecular weight excluding hydrogens is 164 g/mol. The second-order valence-corrected chi connectivity index (χ2v) is 3.59. The Balaban J connectivity index is 2.99. The van der Waals surface area contributed by atoms with Crippen molar-refractivity contribution >= 4 is 0 Å². The van der Waals surface area contributed by atoms with E-state index in [4.69, 9.17) is 5.11 Å².